The smallest absolute Gasteiger partial charge is 0.258 e. The molecule has 0 aromatic heterocycles. The minimum atomic E-state index is -0.181. The molecule has 232 valence electrons. The number of aryl methyl sites for hydroxylation is 1. The number of carbonyl (C=O) groups is 2. The molecular formula is C34H44ClN3O5. The van der Waals surface area contributed by atoms with E-state index in [1.54, 1.807) is 37.3 Å². The van der Waals surface area contributed by atoms with Gasteiger partial charge >= 0.3 is 0 Å². The van der Waals surface area contributed by atoms with Crippen LogP contribution in [0.15, 0.2) is 66.7 Å². The molecule has 43 heavy (non-hydrogen) atoms. The standard InChI is InChI=1S/C34H43N3O5.ClH/c1-26-14-16-29(31(23-26)41-22-10-6-9-13-33(38)37-20-18-35(2)19-21-37)36(3)34(39)28-15-17-30(32(24-28)40-4)42-25-27-11-7-5-8-12-27;/h5,7-8,11-12,14-17,23-24H,6,9-10,13,18-22,25H2,1-4H3;1H. The van der Waals surface area contributed by atoms with Gasteiger partial charge in [-0.2, -0.15) is 0 Å². The summed E-state index contributed by atoms with van der Waals surface area (Å²) in [6, 6.07) is 20.9. The summed E-state index contributed by atoms with van der Waals surface area (Å²) >= 11 is 0. The zero-order valence-corrected chi connectivity index (χ0v) is 26.5. The summed E-state index contributed by atoms with van der Waals surface area (Å²) in [5, 5.41) is 0. The number of likely N-dealkylation sites (N-methyl/N-ethyl adjacent to an activating group) is 1. The number of amides is 2. The minimum absolute atomic E-state index is 0. The van der Waals surface area contributed by atoms with Gasteiger partial charge in [0, 0.05) is 45.2 Å². The van der Waals surface area contributed by atoms with Crippen LogP contribution in [0.2, 0.25) is 0 Å². The van der Waals surface area contributed by atoms with Crippen LogP contribution >= 0.6 is 12.4 Å². The largest absolute Gasteiger partial charge is 0.493 e. The maximum Gasteiger partial charge on any atom is 0.258 e. The van der Waals surface area contributed by atoms with Crippen LogP contribution in [-0.4, -0.2) is 75.6 Å². The quantitative estimate of drug-likeness (QED) is 0.222. The fourth-order valence-electron chi connectivity index (χ4n) is 4.92. The normalized spacial score (nSPS) is 13.2. The van der Waals surface area contributed by atoms with E-state index in [1.165, 1.54) is 0 Å². The van der Waals surface area contributed by atoms with Gasteiger partial charge in [-0.15, -0.1) is 12.4 Å². The molecule has 3 aromatic rings. The molecular weight excluding hydrogens is 566 g/mol. The van der Waals surface area contributed by atoms with E-state index in [0.29, 0.717) is 48.1 Å². The van der Waals surface area contributed by atoms with Crippen molar-refractivity contribution >= 4 is 29.9 Å². The second kappa shape index (κ2) is 16.8. The fraction of sp³-hybridized carbons (Fsp3) is 0.412. The van der Waals surface area contributed by atoms with Crippen LogP contribution in [0, 0.1) is 6.92 Å². The van der Waals surface area contributed by atoms with E-state index < -0.39 is 0 Å². The molecule has 0 aliphatic carbocycles. The molecule has 9 heteroatoms. The summed E-state index contributed by atoms with van der Waals surface area (Å²) in [5.74, 6) is 1.80. The second-order valence-electron chi connectivity index (χ2n) is 10.8. The SMILES string of the molecule is COc1cc(C(=O)N(C)c2ccc(C)cc2OCCCCCC(=O)N2CCN(C)CC2)ccc1OCc1ccccc1.Cl. The lowest BCUT2D eigenvalue weighted by molar-refractivity contribution is -0.132. The van der Waals surface area contributed by atoms with Gasteiger partial charge in [0.2, 0.25) is 5.91 Å². The predicted octanol–water partition coefficient (Wildman–Crippen LogP) is 5.99. The van der Waals surface area contributed by atoms with Crippen molar-refractivity contribution in [1.82, 2.24) is 9.80 Å². The van der Waals surface area contributed by atoms with Gasteiger partial charge in [-0.3, -0.25) is 9.59 Å². The number of hydrogen-bond acceptors (Lipinski definition) is 6. The maximum atomic E-state index is 13.5. The number of piperazine rings is 1. The summed E-state index contributed by atoms with van der Waals surface area (Å²) in [7, 11) is 5.40. The molecule has 0 atom stereocenters. The van der Waals surface area contributed by atoms with Crippen LogP contribution in [0.3, 0.4) is 0 Å². The van der Waals surface area contributed by atoms with E-state index in [0.717, 1.165) is 56.6 Å². The molecule has 0 radical (unpaired) electrons. The Morgan fingerprint density at radius 2 is 1.58 bits per heavy atom. The number of ether oxygens (including phenoxy) is 3. The van der Waals surface area contributed by atoms with Crippen molar-refractivity contribution in [3.05, 3.63) is 83.4 Å². The third-order valence-corrected chi connectivity index (χ3v) is 7.58. The van der Waals surface area contributed by atoms with Gasteiger partial charge in [0.05, 0.1) is 19.4 Å². The third-order valence-electron chi connectivity index (χ3n) is 7.58. The Kier molecular flexibility index (Phi) is 13.2. The number of hydrogen-bond donors (Lipinski definition) is 0. The number of nitrogens with zero attached hydrogens (tertiary/aromatic N) is 3. The number of methoxy groups -OCH3 is 1. The van der Waals surface area contributed by atoms with Gasteiger partial charge in [-0.1, -0.05) is 36.4 Å². The summed E-state index contributed by atoms with van der Waals surface area (Å²) in [5.41, 5.74) is 3.27. The molecule has 1 aliphatic heterocycles. The molecule has 1 heterocycles. The van der Waals surface area contributed by atoms with Crippen LogP contribution in [0.4, 0.5) is 5.69 Å². The second-order valence-corrected chi connectivity index (χ2v) is 10.8. The highest BCUT2D eigenvalue weighted by atomic mass is 35.5. The fourth-order valence-corrected chi connectivity index (χ4v) is 4.92. The number of benzene rings is 3. The first-order valence-corrected chi connectivity index (χ1v) is 14.7. The number of unbranched alkanes of at least 4 members (excludes halogenated alkanes) is 2. The molecule has 4 rings (SSSR count). The van der Waals surface area contributed by atoms with E-state index in [2.05, 4.69) is 11.9 Å². The van der Waals surface area contributed by atoms with Gasteiger partial charge in [-0.05, 0) is 74.7 Å². The number of carbonyl (C=O) groups excluding carboxylic acids is 2. The van der Waals surface area contributed by atoms with Gasteiger partial charge < -0.3 is 28.9 Å². The molecule has 0 unspecified atom stereocenters. The first-order chi connectivity index (χ1) is 20.4. The first-order valence-electron chi connectivity index (χ1n) is 14.7. The predicted molar refractivity (Wildman–Crippen MR) is 173 cm³/mol. The lowest BCUT2D eigenvalue weighted by atomic mass is 10.1. The Morgan fingerprint density at radius 1 is 0.837 bits per heavy atom. The van der Waals surface area contributed by atoms with Crippen LogP contribution in [0.5, 0.6) is 17.2 Å². The molecule has 1 saturated heterocycles. The molecule has 1 aliphatic rings. The van der Waals surface area contributed by atoms with E-state index in [4.69, 9.17) is 14.2 Å². The molecule has 0 saturated carbocycles. The van der Waals surface area contributed by atoms with Crippen molar-refractivity contribution in [2.24, 2.45) is 0 Å². The lowest BCUT2D eigenvalue weighted by Crippen LogP contribution is -2.47. The van der Waals surface area contributed by atoms with Crippen molar-refractivity contribution in [1.29, 1.82) is 0 Å². The highest BCUT2D eigenvalue weighted by Crippen LogP contribution is 2.33. The number of halogens is 1. The Labute approximate surface area is 261 Å². The van der Waals surface area contributed by atoms with Gasteiger partial charge in [0.1, 0.15) is 12.4 Å². The highest BCUT2D eigenvalue weighted by molar-refractivity contribution is 6.06. The van der Waals surface area contributed by atoms with Gasteiger partial charge in [-0.25, -0.2) is 0 Å². The zero-order chi connectivity index (χ0) is 29.9. The molecule has 8 nitrogen and oxygen atoms in total. The molecule has 1 fully saturated rings. The highest BCUT2D eigenvalue weighted by Gasteiger charge is 2.20. The molecule has 2 amide bonds. The Morgan fingerprint density at radius 3 is 2.30 bits per heavy atom. The average molecular weight is 610 g/mol. The van der Waals surface area contributed by atoms with E-state index >= 15 is 0 Å². The molecule has 3 aromatic carbocycles. The summed E-state index contributed by atoms with van der Waals surface area (Å²) in [4.78, 5) is 31.8. The van der Waals surface area contributed by atoms with Crippen LogP contribution < -0.4 is 19.1 Å². The van der Waals surface area contributed by atoms with Crippen LogP contribution in [0.25, 0.3) is 0 Å². The maximum absolute atomic E-state index is 13.5. The molecule has 0 bridgehead atoms. The van der Waals surface area contributed by atoms with Crippen molar-refractivity contribution in [2.45, 2.75) is 39.2 Å². The average Bonchev–Trinajstić information content (AvgIpc) is 3.01. The topological polar surface area (TPSA) is 71.5 Å². The Hall–Kier alpha value is -3.75. The van der Waals surface area contributed by atoms with Crippen molar-refractivity contribution < 1.29 is 23.8 Å². The van der Waals surface area contributed by atoms with E-state index in [-0.39, 0.29) is 24.2 Å². The summed E-state index contributed by atoms with van der Waals surface area (Å²) < 4.78 is 17.7. The zero-order valence-electron chi connectivity index (χ0n) is 25.7. The monoisotopic (exact) mass is 609 g/mol. The molecule has 0 spiro atoms. The third kappa shape index (κ3) is 9.63. The Bertz CT molecular complexity index is 1330. The first kappa shape index (κ1) is 33.7. The van der Waals surface area contributed by atoms with E-state index in [1.807, 2.05) is 60.4 Å². The van der Waals surface area contributed by atoms with Crippen molar-refractivity contribution in [2.75, 3.05) is 58.9 Å². The Balaban J connectivity index is 0.00000506. The van der Waals surface area contributed by atoms with E-state index in [9.17, 15) is 9.59 Å². The summed E-state index contributed by atoms with van der Waals surface area (Å²) in [6.07, 6.45) is 3.17. The number of rotatable bonds is 13. The van der Waals surface area contributed by atoms with Crippen LogP contribution in [-0.2, 0) is 11.4 Å². The lowest BCUT2D eigenvalue weighted by Gasteiger charge is -2.32. The number of anilines is 1. The summed E-state index contributed by atoms with van der Waals surface area (Å²) in [6.45, 7) is 6.44. The van der Waals surface area contributed by atoms with Gasteiger partial charge in [0.25, 0.3) is 5.91 Å². The van der Waals surface area contributed by atoms with Crippen molar-refractivity contribution in [3.8, 4) is 17.2 Å². The van der Waals surface area contributed by atoms with Crippen molar-refractivity contribution in [3.63, 3.8) is 0 Å². The van der Waals surface area contributed by atoms with Gasteiger partial charge in [0.15, 0.2) is 11.5 Å². The van der Waals surface area contributed by atoms with Crippen LogP contribution in [0.1, 0.15) is 47.2 Å². The molecule has 0 N–H and O–H groups in total. The minimum Gasteiger partial charge on any atom is -0.493 e.